The lowest BCUT2D eigenvalue weighted by Crippen LogP contribution is -2.44. The lowest BCUT2D eigenvalue weighted by molar-refractivity contribution is -0.152. The molecule has 0 aromatic rings. The largest absolute Gasteiger partial charge is 0.461 e. The van der Waals surface area contributed by atoms with Crippen molar-refractivity contribution >= 4 is 6.47 Å². The quantitative estimate of drug-likeness (QED) is 0.528. The molecular weight excluding hydrogens is 200 g/mol. The first-order valence-corrected chi connectivity index (χ1v) is 6.84. The monoisotopic (exact) mass is 220 g/mol. The van der Waals surface area contributed by atoms with Crippen molar-refractivity contribution in [2.45, 2.75) is 44.6 Å². The summed E-state index contributed by atoms with van der Waals surface area (Å²) >= 11 is 0. The van der Waals surface area contributed by atoms with Gasteiger partial charge in [-0.3, -0.25) is 4.79 Å². The molecule has 4 rings (SSSR count). The Morgan fingerprint density at radius 3 is 2.62 bits per heavy atom. The molecule has 2 nitrogen and oxygen atoms in total. The number of ether oxygens (including phenoxy) is 1. The van der Waals surface area contributed by atoms with Gasteiger partial charge >= 0.3 is 0 Å². The summed E-state index contributed by atoms with van der Waals surface area (Å²) in [6.07, 6.45) is 6.90. The highest BCUT2D eigenvalue weighted by Crippen LogP contribution is 2.70. The Morgan fingerprint density at radius 1 is 1.12 bits per heavy atom. The van der Waals surface area contributed by atoms with Crippen LogP contribution in [0.25, 0.3) is 0 Å². The third-order valence-corrected chi connectivity index (χ3v) is 6.38. The fraction of sp³-hybridized carbons (Fsp3) is 0.929. The summed E-state index contributed by atoms with van der Waals surface area (Å²) in [6.45, 7) is 2.86. The van der Waals surface area contributed by atoms with E-state index in [0.29, 0.717) is 12.4 Å². The summed E-state index contributed by atoms with van der Waals surface area (Å²) in [5.41, 5.74) is -0.113. The van der Waals surface area contributed by atoms with Gasteiger partial charge in [-0.1, -0.05) is 0 Å². The van der Waals surface area contributed by atoms with Gasteiger partial charge in [-0.15, -0.1) is 0 Å². The first kappa shape index (κ1) is 9.49. The van der Waals surface area contributed by atoms with Crippen molar-refractivity contribution in [1.29, 1.82) is 0 Å². The average molecular weight is 220 g/mol. The van der Waals surface area contributed by atoms with Crippen molar-refractivity contribution in [1.82, 2.24) is 0 Å². The van der Waals surface area contributed by atoms with E-state index >= 15 is 0 Å². The molecule has 88 valence electrons. The van der Waals surface area contributed by atoms with E-state index in [9.17, 15) is 4.79 Å². The molecule has 2 heteroatoms. The molecule has 0 spiro atoms. The van der Waals surface area contributed by atoms with Gasteiger partial charge in [0.15, 0.2) is 0 Å². The zero-order valence-electron chi connectivity index (χ0n) is 9.89. The molecule has 4 bridgehead atoms. The molecule has 0 N–H and O–H groups in total. The highest BCUT2D eigenvalue weighted by atomic mass is 16.5. The number of hydrogen-bond donors (Lipinski definition) is 0. The van der Waals surface area contributed by atoms with Crippen molar-refractivity contribution < 1.29 is 9.53 Å². The van der Waals surface area contributed by atoms with Gasteiger partial charge in [-0.25, -0.2) is 0 Å². The van der Waals surface area contributed by atoms with E-state index in [1.807, 2.05) is 0 Å². The molecule has 7 unspecified atom stereocenters. The van der Waals surface area contributed by atoms with Crippen molar-refractivity contribution in [2.75, 3.05) is 0 Å². The summed E-state index contributed by atoms with van der Waals surface area (Å²) in [7, 11) is 0. The predicted octanol–water partition coefficient (Wildman–Crippen LogP) is 2.62. The van der Waals surface area contributed by atoms with Gasteiger partial charge in [-0.05, 0) is 68.6 Å². The average Bonchev–Trinajstić information content (AvgIpc) is 2.91. The second kappa shape index (κ2) is 2.83. The fourth-order valence-corrected chi connectivity index (χ4v) is 6.11. The van der Waals surface area contributed by atoms with E-state index in [1.165, 1.54) is 25.7 Å². The third kappa shape index (κ3) is 0.930. The van der Waals surface area contributed by atoms with E-state index in [0.717, 1.165) is 36.0 Å². The van der Waals surface area contributed by atoms with Gasteiger partial charge in [0.1, 0.15) is 5.60 Å². The van der Waals surface area contributed by atoms with Crippen LogP contribution in [-0.2, 0) is 9.53 Å². The molecule has 0 heterocycles. The molecular formula is C14H20O2. The summed E-state index contributed by atoms with van der Waals surface area (Å²) in [4.78, 5) is 10.7. The van der Waals surface area contributed by atoms with E-state index in [1.54, 1.807) is 0 Å². The van der Waals surface area contributed by atoms with Gasteiger partial charge in [0.2, 0.25) is 0 Å². The molecule has 4 aliphatic rings. The molecule has 0 aromatic carbocycles. The minimum absolute atomic E-state index is 0.113. The van der Waals surface area contributed by atoms with Crippen molar-refractivity contribution in [2.24, 2.45) is 35.5 Å². The van der Waals surface area contributed by atoms with Crippen molar-refractivity contribution in [3.63, 3.8) is 0 Å². The minimum Gasteiger partial charge on any atom is -0.461 e. The van der Waals surface area contributed by atoms with E-state index in [4.69, 9.17) is 4.74 Å². The zero-order valence-corrected chi connectivity index (χ0v) is 9.89. The zero-order chi connectivity index (χ0) is 10.9. The molecule has 0 aromatic heterocycles. The maximum absolute atomic E-state index is 10.7. The van der Waals surface area contributed by atoms with E-state index < -0.39 is 0 Å². The van der Waals surface area contributed by atoms with E-state index in [2.05, 4.69) is 6.92 Å². The Morgan fingerprint density at radius 2 is 1.88 bits per heavy atom. The number of carbonyl (C=O) groups excluding carboxylic acids is 1. The summed E-state index contributed by atoms with van der Waals surface area (Å²) in [5, 5.41) is 0. The maximum atomic E-state index is 10.7. The lowest BCUT2D eigenvalue weighted by atomic mass is 9.66. The molecule has 0 radical (unpaired) electrons. The molecule has 0 aliphatic heterocycles. The molecule has 4 aliphatic carbocycles. The van der Waals surface area contributed by atoms with Crippen LogP contribution in [0, 0.1) is 35.5 Å². The molecule has 4 saturated carbocycles. The molecule has 0 amide bonds. The van der Waals surface area contributed by atoms with E-state index in [-0.39, 0.29) is 5.60 Å². The SMILES string of the molecule is CC1(OC=O)CC2CC1C1C3CCC(C3)C21. The summed E-state index contributed by atoms with van der Waals surface area (Å²) in [5.74, 6) is 5.47. The van der Waals surface area contributed by atoms with Crippen LogP contribution in [0.15, 0.2) is 0 Å². The fourth-order valence-electron chi connectivity index (χ4n) is 6.11. The highest BCUT2D eigenvalue weighted by Gasteiger charge is 2.66. The summed E-state index contributed by atoms with van der Waals surface area (Å²) in [6, 6.07) is 0. The van der Waals surface area contributed by atoms with Crippen LogP contribution in [0.3, 0.4) is 0 Å². The van der Waals surface area contributed by atoms with Crippen LogP contribution in [-0.4, -0.2) is 12.1 Å². The van der Waals surface area contributed by atoms with Gasteiger partial charge in [0.25, 0.3) is 6.47 Å². The van der Waals surface area contributed by atoms with Gasteiger partial charge in [0.05, 0.1) is 0 Å². The number of hydrogen-bond acceptors (Lipinski definition) is 2. The molecule has 0 saturated heterocycles. The van der Waals surface area contributed by atoms with Crippen LogP contribution in [0.4, 0.5) is 0 Å². The van der Waals surface area contributed by atoms with Crippen LogP contribution >= 0.6 is 0 Å². The van der Waals surface area contributed by atoms with Gasteiger partial charge in [-0.2, -0.15) is 0 Å². The van der Waals surface area contributed by atoms with Gasteiger partial charge < -0.3 is 4.74 Å². The Hall–Kier alpha value is -0.530. The Bertz CT molecular complexity index is 340. The minimum atomic E-state index is -0.113. The van der Waals surface area contributed by atoms with Crippen molar-refractivity contribution in [3.8, 4) is 0 Å². The lowest BCUT2D eigenvalue weighted by Gasteiger charge is -2.43. The topological polar surface area (TPSA) is 26.3 Å². The molecule has 7 atom stereocenters. The highest BCUT2D eigenvalue weighted by molar-refractivity contribution is 5.39. The van der Waals surface area contributed by atoms with Crippen LogP contribution in [0.5, 0.6) is 0 Å². The van der Waals surface area contributed by atoms with Crippen LogP contribution < -0.4 is 0 Å². The Balaban J connectivity index is 1.67. The first-order chi connectivity index (χ1) is 7.73. The number of carbonyl (C=O) groups is 1. The Kier molecular flexibility index (Phi) is 1.68. The second-order valence-corrected chi connectivity index (χ2v) is 6.82. The molecule has 4 fully saturated rings. The Labute approximate surface area is 96.7 Å². The normalized spacial score (nSPS) is 61.3. The standard InChI is InChI=1S/C14H20O2/c1-14(16-7-15)6-10-5-11(14)13-9-3-2-8(4-9)12(10)13/h7-13H,2-6H2,1H3. The van der Waals surface area contributed by atoms with Crippen LogP contribution in [0.2, 0.25) is 0 Å². The maximum Gasteiger partial charge on any atom is 0.293 e. The third-order valence-electron chi connectivity index (χ3n) is 6.38. The van der Waals surface area contributed by atoms with Crippen LogP contribution in [0.1, 0.15) is 39.0 Å². The van der Waals surface area contributed by atoms with Gasteiger partial charge in [0, 0.05) is 5.92 Å². The molecule has 16 heavy (non-hydrogen) atoms. The second-order valence-electron chi connectivity index (χ2n) is 6.82. The predicted molar refractivity (Wildman–Crippen MR) is 59.6 cm³/mol. The smallest absolute Gasteiger partial charge is 0.293 e. The van der Waals surface area contributed by atoms with Crippen molar-refractivity contribution in [3.05, 3.63) is 0 Å². The first-order valence-electron chi connectivity index (χ1n) is 6.84. The number of fused-ring (bicyclic) bond motifs is 9. The number of rotatable bonds is 2. The summed E-state index contributed by atoms with van der Waals surface area (Å²) < 4.78 is 5.46.